The Kier molecular flexibility index (Phi) is 4.26. The number of thiazole rings is 1. The Morgan fingerprint density at radius 2 is 1.76 bits per heavy atom. The molecule has 2 saturated carbocycles. The van der Waals surface area contributed by atoms with E-state index in [1.165, 1.54) is 12.8 Å². The van der Waals surface area contributed by atoms with Crippen molar-refractivity contribution >= 4 is 17.4 Å². The third-order valence-electron chi connectivity index (χ3n) is 8.08. The molecule has 11 heteroatoms. The molecule has 5 aliphatic rings. The molecule has 33 heavy (non-hydrogen) atoms. The number of likely N-dealkylation sites (tertiary alicyclic amines) is 3. The third kappa shape index (κ3) is 3.38. The number of urea groups is 1. The molecule has 2 spiro atoms. The molecule has 2 amide bonds. The van der Waals surface area contributed by atoms with Crippen LogP contribution in [0.4, 0.5) is 13.6 Å². The molecular formula is C22H27F2N7OS. The van der Waals surface area contributed by atoms with Gasteiger partial charge in [0, 0.05) is 73.6 Å². The Balaban J connectivity index is 0.845. The summed E-state index contributed by atoms with van der Waals surface area (Å²) in [5.74, 6) is 1.60. The fourth-order valence-corrected chi connectivity index (χ4v) is 7.12. The van der Waals surface area contributed by atoms with Gasteiger partial charge >= 0.3 is 6.03 Å². The highest BCUT2D eigenvalue weighted by molar-refractivity contribution is 7.11. The molecule has 2 aromatic rings. The molecule has 7 rings (SSSR count). The summed E-state index contributed by atoms with van der Waals surface area (Å²) in [6.07, 6.45) is 5.59. The Bertz CT molecular complexity index is 1070. The summed E-state index contributed by atoms with van der Waals surface area (Å²) in [5.41, 5.74) is 0.482. The van der Waals surface area contributed by atoms with Crippen LogP contribution in [-0.4, -0.2) is 79.7 Å². The van der Waals surface area contributed by atoms with Crippen LogP contribution in [0.1, 0.15) is 59.8 Å². The number of aromatic nitrogens is 4. The van der Waals surface area contributed by atoms with Crippen LogP contribution >= 0.6 is 11.3 Å². The Hall–Kier alpha value is -2.14. The first-order valence-corrected chi connectivity index (χ1v) is 12.6. The van der Waals surface area contributed by atoms with Crippen LogP contribution in [0.15, 0.2) is 12.5 Å². The summed E-state index contributed by atoms with van der Waals surface area (Å²) >= 11 is 1.09. The van der Waals surface area contributed by atoms with E-state index in [4.69, 9.17) is 0 Å². The molecule has 0 N–H and O–H groups in total. The van der Waals surface area contributed by atoms with Crippen molar-refractivity contribution in [3.05, 3.63) is 28.2 Å². The highest BCUT2D eigenvalue weighted by Crippen LogP contribution is 2.54. The number of rotatable bonds is 5. The first-order chi connectivity index (χ1) is 15.9. The van der Waals surface area contributed by atoms with Gasteiger partial charge in [-0.1, -0.05) is 0 Å². The lowest BCUT2D eigenvalue weighted by Crippen LogP contribution is -2.75. The first-order valence-electron chi connectivity index (χ1n) is 11.8. The predicted molar refractivity (Wildman–Crippen MR) is 116 cm³/mol. The summed E-state index contributed by atoms with van der Waals surface area (Å²) in [6.45, 7) is 5.85. The average molecular weight is 476 g/mol. The van der Waals surface area contributed by atoms with Gasteiger partial charge in [0.15, 0.2) is 10.8 Å². The Labute approximate surface area is 194 Å². The Morgan fingerprint density at radius 1 is 1.06 bits per heavy atom. The average Bonchev–Trinajstić information content (AvgIpc) is 3.20. The SMILES string of the molecule is O=C(N1CC2(CC(n3cnc(C4CC4)n3)C2)C1)N1CC2(CN(Cc3cnc(C(F)F)s3)C2)C1. The molecule has 2 aliphatic carbocycles. The van der Waals surface area contributed by atoms with Crippen molar-refractivity contribution < 1.29 is 13.6 Å². The molecule has 5 heterocycles. The number of amides is 2. The van der Waals surface area contributed by atoms with Crippen LogP contribution in [0.2, 0.25) is 0 Å². The largest absolute Gasteiger partial charge is 0.323 e. The minimum atomic E-state index is -2.49. The van der Waals surface area contributed by atoms with Gasteiger partial charge in [0.2, 0.25) is 0 Å². The topological polar surface area (TPSA) is 70.4 Å². The van der Waals surface area contributed by atoms with E-state index in [9.17, 15) is 13.6 Å². The summed E-state index contributed by atoms with van der Waals surface area (Å²) in [5, 5.41) is 4.57. The Morgan fingerprint density at radius 3 is 2.39 bits per heavy atom. The highest BCUT2D eigenvalue weighted by atomic mass is 32.1. The molecule has 2 aromatic heterocycles. The zero-order chi connectivity index (χ0) is 22.4. The summed E-state index contributed by atoms with van der Waals surface area (Å²) in [7, 11) is 0. The molecule has 176 valence electrons. The molecule has 0 radical (unpaired) electrons. The van der Waals surface area contributed by atoms with Gasteiger partial charge in [0.05, 0.1) is 6.04 Å². The molecular weight excluding hydrogens is 448 g/mol. The van der Waals surface area contributed by atoms with Crippen molar-refractivity contribution in [2.75, 3.05) is 39.3 Å². The second-order valence-corrected chi connectivity index (χ2v) is 12.2. The van der Waals surface area contributed by atoms with Gasteiger partial charge in [-0.15, -0.1) is 11.3 Å². The van der Waals surface area contributed by atoms with Crippen LogP contribution in [-0.2, 0) is 6.54 Å². The first kappa shape index (κ1) is 20.3. The third-order valence-corrected chi connectivity index (χ3v) is 9.07. The fourth-order valence-electron chi connectivity index (χ4n) is 6.31. The van der Waals surface area contributed by atoms with Crippen LogP contribution in [0.5, 0.6) is 0 Å². The smallest absolute Gasteiger partial charge is 0.320 e. The van der Waals surface area contributed by atoms with E-state index in [0.29, 0.717) is 18.5 Å². The van der Waals surface area contributed by atoms with Gasteiger partial charge in [-0.05, 0) is 25.7 Å². The monoisotopic (exact) mass is 475 g/mol. The number of carbonyl (C=O) groups is 1. The molecule has 0 unspecified atom stereocenters. The van der Waals surface area contributed by atoms with E-state index >= 15 is 0 Å². The van der Waals surface area contributed by atoms with Crippen LogP contribution in [0.3, 0.4) is 0 Å². The minimum Gasteiger partial charge on any atom is -0.323 e. The highest BCUT2D eigenvalue weighted by Gasteiger charge is 2.58. The second-order valence-electron chi connectivity index (χ2n) is 11.0. The van der Waals surface area contributed by atoms with Gasteiger partial charge in [-0.2, -0.15) is 5.10 Å². The maximum absolute atomic E-state index is 12.9. The summed E-state index contributed by atoms with van der Waals surface area (Å²) in [6, 6.07) is 0.611. The van der Waals surface area contributed by atoms with Crippen molar-refractivity contribution in [3.8, 4) is 0 Å². The van der Waals surface area contributed by atoms with Crippen LogP contribution in [0, 0.1) is 10.8 Å². The maximum Gasteiger partial charge on any atom is 0.320 e. The number of halogens is 2. The van der Waals surface area contributed by atoms with Gasteiger partial charge in [0.1, 0.15) is 6.33 Å². The number of hydrogen-bond acceptors (Lipinski definition) is 6. The normalized spacial score (nSPS) is 25.8. The fraction of sp³-hybridized carbons (Fsp3) is 0.727. The number of alkyl halides is 2. The van der Waals surface area contributed by atoms with Gasteiger partial charge < -0.3 is 9.80 Å². The van der Waals surface area contributed by atoms with E-state index in [1.807, 2.05) is 20.8 Å². The lowest BCUT2D eigenvalue weighted by atomic mass is 9.60. The van der Waals surface area contributed by atoms with E-state index in [0.717, 1.165) is 74.1 Å². The summed E-state index contributed by atoms with van der Waals surface area (Å²) in [4.78, 5) is 28.3. The summed E-state index contributed by atoms with van der Waals surface area (Å²) < 4.78 is 27.5. The van der Waals surface area contributed by atoms with Gasteiger partial charge in [-0.25, -0.2) is 28.2 Å². The quantitative estimate of drug-likeness (QED) is 0.665. The molecule has 3 saturated heterocycles. The lowest BCUT2D eigenvalue weighted by Gasteiger charge is -2.63. The zero-order valence-corrected chi connectivity index (χ0v) is 19.2. The number of nitrogens with zero attached hydrogens (tertiary/aromatic N) is 7. The van der Waals surface area contributed by atoms with Crippen molar-refractivity contribution in [1.29, 1.82) is 0 Å². The predicted octanol–water partition coefficient (Wildman–Crippen LogP) is 3.12. The maximum atomic E-state index is 12.9. The second kappa shape index (κ2) is 6.94. The molecule has 8 nitrogen and oxygen atoms in total. The van der Waals surface area contributed by atoms with Crippen molar-refractivity contribution in [2.24, 2.45) is 10.8 Å². The minimum absolute atomic E-state index is 0.102. The molecule has 3 aliphatic heterocycles. The molecule has 0 bridgehead atoms. The van der Waals surface area contributed by atoms with Gasteiger partial charge in [0.25, 0.3) is 6.43 Å². The van der Waals surface area contributed by atoms with E-state index in [2.05, 4.69) is 20.0 Å². The molecule has 0 aromatic carbocycles. The molecule has 0 atom stereocenters. The number of carbonyl (C=O) groups excluding carboxylic acids is 1. The van der Waals surface area contributed by atoms with Gasteiger partial charge in [-0.3, -0.25) is 4.90 Å². The van der Waals surface area contributed by atoms with Crippen molar-refractivity contribution in [3.63, 3.8) is 0 Å². The lowest BCUT2D eigenvalue weighted by molar-refractivity contribution is -0.120. The zero-order valence-electron chi connectivity index (χ0n) is 18.4. The number of hydrogen-bond donors (Lipinski definition) is 0. The van der Waals surface area contributed by atoms with Crippen molar-refractivity contribution in [2.45, 2.75) is 50.6 Å². The van der Waals surface area contributed by atoms with Crippen molar-refractivity contribution in [1.82, 2.24) is 34.4 Å². The van der Waals surface area contributed by atoms with Crippen LogP contribution < -0.4 is 0 Å². The van der Waals surface area contributed by atoms with E-state index < -0.39 is 6.43 Å². The standard InChI is InChI=1S/C22H27F2N7OS/c23-17(24)19-25-5-16(33-19)6-28-7-22(8-28)11-30(12-22)20(32)29-9-21(10-29)3-15(4-21)31-13-26-18(27-31)14-1-2-14/h5,13-15,17H,1-4,6-12H2. The molecule has 5 fully saturated rings. The van der Waals surface area contributed by atoms with Crippen LogP contribution in [0.25, 0.3) is 0 Å². The van der Waals surface area contributed by atoms with E-state index in [-0.39, 0.29) is 21.9 Å². The van der Waals surface area contributed by atoms with E-state index in [1.54, 1.807) is 6.20 Å².